The molecule has 0 saturated heterocycles. The molecule has 0 spiro atoms. The van der Waals surface area contributed by atoms with Crippen molar-refractivity contribution in [3.05, 3.63) is 42.5 Å². The number of aromatic nitrogens is 6. The summed E-state index contributed by atoms with van der Waals surface area (Å²) < 4.78 is 2.39. The average Bonchev–Trinajstić information content (AvgIpc) is 3.40. The van der Waals surface area contributed by atoms with Gasteiger partial charge in [-0.25, -0.2) is 4.98 Å². The summed E-state index contributed by atoms with van der Waals surface area (Å²) in [5, 5.41) is 22.8. The minimum atomic E-state index is -0.218. The third kappa shape index (κ3) is 3.69. The smallest absolute Gasteiger partial charge is 0.205 e. The van der Waals surface area contributed by atoms with Gasteiger partial charge in [-0.2, -0.15) is 4.80 Å². The summed E-state index contributed by atoms with van der Waals surface area (Å²) in [5.74, 6) is 1.82. The van der Waals surface area contributed by atoms with Crippen LogP contribution in [0.4, 0.5) is 0 Å². The fraction of sp³-hybridized carbons (Fsp3) is 0.417. The number of nitrogens with zero attached hydrogens (tertiary/aromatic N) is 6. The van der Waals surface area contributed by atoms with Crippen LogP contribution in [0.3, 0.4) is 0 Å². The van der Waals surface area contributed by atoms with E-state index in [0.717, 1.165) is 28.0 Å². The first-order valence-corrected chi connectivity index (χ1v) is 11.0. The van der Waals surface area contributed by atoms with Crippen LogP contribution in [0.5, 0.6) is 5.75 Å². The van der Waals surface area contributed by atoms with E-state index in [1.54, 1.807) is 16.9 Å². The third-order valence-corrected chi connectivity index (χ3v) is 6.03. The van der Waals surface area contributed by atoms with Gasteiger partial charge in [-0.05, 0) is 81.3 Å². The van der Waals surface area contributed by atoms with Crippen LogP contribution < -0.4 is 0 Å². The Morgan fingerprint density at radius 3 is 2.32 bits per heavy atom. The van der Waals surface area contributed by atoms with E-state index in [9.17, 15) is 5.11 Å². The van der Waals surface area contributed by atoms with Crippen molar-refractivity contribution in [2.24, 2.45) is 0 Å². The van der Waals surface area contributed by atoms with Gasteiger partial charge >= 0.3 is 0 Å². The van der Waals surface area contributed by atoms with Gasteiger partial charge in [0.05, 0.1) is 16.6 Å². The highest BCUT2D eigenvalue weighted by Gasteiger charge is 2.23. The van der Waals surface area contributed by atoms with Gasteiger partial charge < -0.3 is 9.67 Å². The van der Waals surface area contributed by atoms with E-state index in [2.05, 4.69) is 58.9 Å². The van der Waals surface area contributed by atoms with Gasteiger partial charge in [0, 0.05) is 17.2 Å². The molecule has 0 bridgehead atoms. The fourth-order valence-electron chi connectivity index (χ4n) is 4.37. The Morgan fingerprint density at radius 2 is 1.65 bits per heavy atom. The number of rotatable bonds is 3. The van der Waals surface area contributed by atoms with E-state index < -0.39 is 0 Å². The number of aromatic hydroxyl groups is 1. The van der Waals surface area contributed by atoms with E-state index >= 15 is 0 Å². The van der Waals surface area contributed by atoms with Gasteiger partial charge in [0.2, 0.25) is 5.82 Å². The summed E-state index contributed by atoms with van der Waals surface area (Å²) >= 11 is 0. The molecule has 1 N–H and O–H groups in total. The number of benzene rings is 2. The number of phenols is 1. The van der Waals surface area contributed by atoms with Crippen LogP contribution in [0.25, 0.3) is 33.8 Å². The average molecular weight is 417 g/mol. The second-order valence-electron chi connectivity index (χ2n) is 9.42. The summed E-state index contributed by atoms with van der Waals surface area (Å²) in [5.41, 5.74) is 3.76. The molecule has 0 radical (unpaired) electrons. The highest BCUT2D eigenvalue weighted by atomic mass is 16.3. The molecular formula is C24H28N6O. The predicted octanol–water partition coefficient (Wildman–Crippen LogP) is 5.32. The number of phenolic OH excluding ortho intramolecular Hbond substituents is 1. The number of hydrogen-bond donors (Lipinski definition) is 1. The van der Waals surface area contributed by atoms with Crippen molar-refractivity contribution in [2.75, 3.05) is 0 Å². The molecule has 0 amide bonds. The van der Waals surface area contributed by atoms with E-state index in [4.69, 9.17) is 4.98 Å². The quantitative estimate of drug-likeness (QED) is 0.489. The molecule has 2 aromatic heterocycles. The first-order chi connectivity index (χ1) is 14.9. The Bertz CT molecular complexity index is 1210. The normalized spacial score (nSPS) is 15.6. The predicted molar refractivity (Wildman–Crippen MR) is 121 cm³/mol. The summed E-state index contributed by atoms with van der Waals surface area (Å²) in [7, 11) is 0. The van der Waals surface area contributed by atoms with Crippen molar-refractivity contribution < 1.29 is 5.11 Å². The summed E-state index contributed by atoms with van der Waals surface area (Å²) in [4.78, 5) is 6.68. The zero-order valence-electron chi connectivity index (χ0n) is 18.3. The van der Waals surface area contributed by atoms with Crippen LogP contribution in [0.2, 0.25) is 0 Å². The largest absolute Gasteiger partial charge is 0.508 e. The monoisotopic (exact) mass is 416 g/mol. The molecule has 2 heterocycles. The van der Waals surface area contributed by atoms with E-state index in [-0.39, 0.29) is 11.3 Å². The van der Waals surface area contributed by atoms with Gasteiger partial charge in [-0.3, -0.25) is 0 Å². The maximum Gasteiger partial charge on any atom is 0.205 e. The molecule has 5 rings (SSSR count). The molecule has 31 heavy (non-hydrogen) atoms. The molecule has 7 nitrogen and oxygen atoms in total. The van der Waals surface area contributed by atoms with Crippen molar-refractivity contribution in [3.8, 4) is 28.5 Å². The first kappa shape index (κ1) is 19.7. The molecular weight excluding hydrogens is 388 g/mol. The molecule has 0 atom stereocenters. The van der Waals surface area contributed by atoms with E-state index in [0.29, 0.717) is 11.9 Å². The van der Waals surface area contributed by atoms with Crippen molar-refractivity contribution >= 4 is 11.0 Å². The Kier molecular flexibility index (Phi) is 4.76. The van der Waals surface area contributed by atoms with Crippen LogP contribution in [-0.4, -0.2) is 34.9 Å². The Hall–Kier alpha value is -3.22. The van der Waals surface area contributed by atoms with Crippen LogP contribution in [0.15, 0.2) is 42.5 Å². The number of fused-ring (bicyclic) bond motifs is 1. The fourth-order valence-corrected chi connectivity index (χ4v) is 4.37. The maximum atomic E-state index is 9.73. The Morgan fingerprint density at radius 1 is 0.935 bits per heavy atom. The van der Waals surface area contributed by atoms with Crippen molar-refractivity contribution in [3.63, 3.8) is 0 Å². The van der Waals surface area contributed by atoms with E-state index in [1.807, 2.05) is 12.1 Å². The minimum absolute atomic E-state index is 0.218. The number of tetrazole rings is 1. The standard InChI is InChI=1S/C24H28N6O/c1-24(2,3)30-27-22(26-28-30)17-11-14-21-20(15-17)25-23(16-9-12-19(31)13-10-16)29(21)18-7-5-4-6-8-18/h9-15,18,31H,4-8H2,1-3H3. The van der Waals surface area contributed by atoms with Crippen molar-refractivity contribution in [1.82, 2.24) is 29.8 Å². The third-order valence-electron chi connectivity index (χ3n) is 6.03. The molecule has 7 heteroatoms. The molecule has 1 aliphatic rings. The zero-order valence-corrected chi connectivity index (χ0v) is 18.3. The van der Waals surface area contributed by atoms with Gasteiger partial charge in [0.1, 0.15) is 11.6 Å². The summed E-state index contributed by atoms with van der Waals surface area (Å²) in [6.45, 7) is 6.16. The van der Waals surface area contributed by atoms with E-state index in [1.165, 1.54) is 32.1 Å². The van der Waals surface area contributed by atoms with Gasteiger partial charge in [-0.1, -0.05) is 19.3 Å². The molecule has 160 valence electrons. The van der Waals surface area contributed by atoms with Crippen molar-refractivity contribution in [2.45, 2.75) is 64.5 Å². The minimum Gasteiger partial charge on any atom is -0.508 e. The highest BCUT2D eigenvalue weighted by Crippen LogP contribution is 2.37. The lowest BCUT2D eigenvalue weighted by Crippen LogP contribution is -2.24. The second-order valence-corrected chi connectivity index (χ2v) is 9.42. The lowest BCUT2D eigenvalue weighted by molar-refractivity contribution is 0.306. The number of hydrogen-bond acceptors (Lipinski definition) is 5. The molecule has 2 aromatic carbocycles. The molecule has 0 aliphatic heterocycles. The molecule has 4 aromatic rings. The summed E-state index contributed by atoms with van der Waals surface area (Å²) in [6, 6.07) is 14.0. The van der Waals surface area contributed by atoms with Crippen LogP contribution in [-0.2, 0) is 5.54 Å². The van der Waals surface area contributed by atoms with Crippen LogP contribution in [0.1, 0.15) is 58.9 Å². The van der Waals surface area contributed by atoms with Gasteiger partial charge in [0.25, 0.3) is 0 Å². The lowest BCUT2D eigenvalue weighted by Gasteiger charge is -2.25. The molecule has 1 fully saturated rings. The second kappa shape index (κ2) is 7.48. The molecule has 1 saturated carbocycles. The van der Waals surface area contributed by atoms with Crippen LogP contribution in [0, 0.1) is 0 Å². The maximum absolute atomic E-state index is 9.73. The zero-order chi connectivity index (χ0) is 21.6. The van der Waals surface area contributed by atoms with Gasteiger partial charge in [-0.15, -0.1) is 10.2 Å². The summed E-state index contributed by atoms with van der Waals surface area (Å²) in [6.07, 6.45) is 6.13. The Balaban J connectivity index is 1.63. The van der Waals surface area contributed by atoms with Crippen molar-refractivity contribution in [1.29, 1.82) is 0 Å². The first-order valence-electron chi connectivity index (χ1n) is 11.0. The SMILES string of the molecule is CC(C)(C)n1nnc(-c2ccc3c(c2)nc(-c2ccc(O)cc2)n3C2CCCCC2)n1. The number of imidazole rings is 1. The lowest BCUT2D eigenvalue weighted by atomic mass is 9.95. The molecule has 0 unspecified atom stereocenters. The molecule has 1 aliphatic carbocycles. The van der Waals surface area contributed by atoms with Crippen LogP contribution >= 0.6 is 0 Å². The highest BCUT2D eigenvalue weighted by molar-refractivity contribution is 5.84. The Labute approximate surface area is 181 Å². The van der Waals surface area contributed by atoms with Gasteiger partial charge in [0.15, 0.2) is 0 Å². The topological polar surface area (TPSA) is 81.6 Å².